The zero-order valence-electron chi connectivity index (χ0n) is 9.58. The fourth-order valence-electron chi connectivity index (χ4n) is 3.25. The zero-order chi connectivity index (χ0) is 12.3. The molecule has 0 aliphatic heterocycles. The Morgan fingerprint density at radius 1 is 1.00 bits per heavy atom. The van der Waals surface area contributed by atoms with Crippen molar-refractivity contribution in [1.82, 2.24) is 0 Å². The maximum absolute atomic E-state index is 6.29. The molecule has 0 nitrogen and oxygen atoms in total. The molecule has 4 rings (SSSR count). The molecule has 0 radical (unpaired) electrons. The molecular weight excluding hydrogens is 263 g/mol. The van der Waals surface area contributed by atoms with Gasteiger partial charge in [-0.1, -0.05) is 59.7 Å². The van der Waals surface area contributed by atoms with Gasteiger partial charge in [0.1, 0.15) is 0 Å². The summed E-state index contributed by atoms with van der Waals surface area (Å²) in [5, 5.41) is 1.24. The van der Waals surface area contributed by atoms with E-state index in [9.17, 15) is 0 Å². The molecule has 0 amide bonds. The number of fused-ring (bicyclic) bond motifs is 1. The van der Waals surface area contributed by atoms with E-state index in [4.69, 9.17) is 23.2 Å². The molecule has 0 spiro atoms. The first kappa shape index (κ1) is 10.7. The van der Waals surface area contributed by atoms with Crippen molar-refractivity contribution in [2.24, 2.45) is 5.41 Å². The minimum atomic E-state index is -0.181. The lowest BCUT2D eigenvalue weighted by molar-refractivity contribution is 0.758. The fourth-order valence-corrected chi connectivity index (χ4v) is 3.61. The van der Waals surface area contributed by atoms with Crippen LogP contribution in [-0.4, -0.2) is 0 Å². The van der Waals surface area contributed by atoms with Gasteiger partial charge in [0.05, 0.1) is 15.5 Å². The van der Waals surface area contributed by atoms with E-state index in [1.165, 1.54) is 22.3 Å². The van der Waals surface area contributed by atoms with Crippen molar-refractivity contribution in [3.8, 4) is 0 Å². The Hall–Kier alpha value is -1.24. The predicted molar refractivity (Wildman–Crippen MR) is 76.4 cm³/mol. The molecule has 0 aromatic heterocycles. The summed E-state index contributed by atoms with van der Waals surface area (Å²) in [6, 6.07) is 0. The van der Waals surface area contributed by atoms with Gasteiger partial charge < -0.3 is 0 Å². The third-order valence-corrected chi connectivity index (χ3v) is 4.78. The predicted octanol–water partition coefficient (Wildman–Crippen LogP) is 4.92. The van der Waals surface area contributed by atoms with Gasteiger partial charge >= 0.3 is 0 Å². The molecule has 0 saturated heterocycles. The smallest absolute Gasteiger partial charge is 0.0592 e. The van der Waals surface area contributed by atoms with E-state index < -0.39 is 0 Å². The van der Waals surface area contributed by atoms with Gasteiger partial charge in [-0.3, -0.25) is 0 Å². The lowest BCUT2D eigenvalue weighted by Crippen LogP contribution is -2.16. The van der Waals surface area contributed by atoms with Crippen molar-refractivity contribution < 1.29 is 0 Å². The first-order chi connectivity index (χ1) is 8.72. The molecule has 0 N–H and O–H groups in total. The highest BCUT2D eigenvalue weighted by Gasteiger charge is 2.47. The average Bonchev–Trinajstić information content (AvgIpc) is 2.82. The van der Waals surface area contributed by atoms with Crippen LogP contribution < -0.4 is 0 Å². The number of hydrogen-bond acceptors (Lipinski definition) is 0. The molecule has 4 aliphatic rings. The molecule has 1 unspecified atom stereocenters. The molecule has 0 fully saturated rings. The van der Waals surface area contributed by atoms with Gasteiger partial charge in [-0.25, -0.2) is 0 Å². The summed E-state index contributed by atoms with van der Waals surface area (Å²) in [5.41, 5.74) is 5.25. The molecule has 88 valence electrons. The van der Waals surface area contributed by atoms with Gasteiger partial charge in [-0.2, -0.15) is 0 Å². The summed E-state index contributed by atoms with van der Waals surface area (Å²) in [7, 11) is 0. The molecule has 4 aliphatic carbocycles. The van der Waals surface area contributed by atoms with Crippen LogP contribution in [0.2, 0.25) is 0 Å². The van der Waals surface area contributed by atoms with E-state index in [1.807, 2.05) is 6.08 Å². The second-order valence-corrected chi connectivity index (χ2v) is 5.71. The lowest BCUT2D eigenvalue weighted by atomic mass is 9.76. The Kier molecular flexibility index (Phi) is 2.02. The number of hydrogen-bond donors (Lipinski definition) is 0. The molecule has 2 heteroatoms. The molecule has 0 saturated carbocycles. The molecular formula is C16H10Cl2. The quantitative estimate of drug-likeness (QED) is 0.587. The number of rotatable bonds is 0. The molecule has 18 heavy (non-hydrogen) atoms. The summed E-state index contributed by atoms with van der Waals surface area (Å²) in [6.07, 6.45) is 18.1. The number of allylic oxidation sites excluding steroid dienone is 14. The Morgan fingerprint density at radius 2 is 1.89 bits per heavy atom. The Labute approximate surface area is 116 Å². The molecule has 1 atom stereocenters. The van der Waals surface area contributed by atoms with Crippen molar-refractivity contribution in [1.29, 1.82) is 0 Å². The summed E-state index contributed by atoms with van der Waals surface area (Å²) in [6.45, 7) is 0. The second-order valence-electron chi connectivity index (χ2n) is 4.89. The van der Waals surface area contributed by atoms with E-state index in [0.29, 0.717) is 10.1 Å². The monoisotopic (exact) mass is 272 g/mol. The average molecular weight is 273 g/mol. The second kappa shape index (κ2) is 3.40. The minimum absolute atomic E-state index is 0.181. The minimum Gasteiger partial charge on any atom is -0.0830 e. The van der Waals surface area contributed by atoms with Gasteiger partial charge in [0.25, 0.3) is 0 Å². The maximum atomic E-state index is 6.29. The van der Waals surface area contributed by atoms with Crippen LogP contribution in [0, 0.1) is 5.41 Å². The van der Waals surface area contributed by atoms with Crippen molar-refractivity contribution in [2.75, 3.05) is 0 Å². The van der Waals surface area contributed by atoms with Crippen LogP contribution in [0.3, 0.4) is 0 Å². The SMILES string of the molecule is ClC1=CC=C2C3=C4CC=CC=C4C2(C=C3)C=C1Cl. The molecule has 0 aromatic carbocycles. The number of halogens is 2. The lowest BCUT2D eigenvalue weighted by Gasteiger charge is -2.26. The maximum Gasteiger partial charge on any atom is 0.0592 e. The first-order valence-electron chi connectivity index (χ1n) is 5.99. The van der Waals surface area contributed by atoms with E-state index in [-0.39, 0.29) is 5.41 Å². The topological polar surface area (TPSA) is 0 Å². The Bertz CT molecular complexity index is 678. The summed E-state index contributed by atoms with van der Waals surface area (Å²) in [4.78, 5) is 0. The Balaban J connectivity index is 2.06. The molecule has 2 bridgehead atoms. The fraction of sp³-hybridized carbons (Fsp3) is 0.125. The van der Waals surface area contributed by atoms with Gasteiger partial charge in [-0.15, -0.1) is 0 Å². The third kappa shape index (κ3) is 1.13. The zero-order valence-corrected chi connectivity index (χ0v) is 11.1. The van der Waals surface area contributed by atoms with Gasteiger partial charge in [0.15, 0.2) is 0 Å². The van der Waals surface area contributed by atoms with Crippen molar-refractivity contribution in [3.05, 3.63) is 81.0 Å². The Morgan fingerprint density at radius 3 is 2.78 bits per heavy atom. The molecule has 0 aromatic rings. The molecule has 0 heterocycles. The van der Waals surface area contributed by atoms with Crippen LogP contribution in [-0.2, 0) is 0 Å². The van der Waals surface area contributed by atoms with Crippen molar-refractivity contribution in [3.63, 3.8) is 0 Å². The largest absolute Gasteiger partial charge is 0.0830 e. The highest BCUT2D eigenvalue weighted by Crippen LogP contribution is 2.60. The van der Waals surface area contributed by atoms with E-state index in [2.05, 4.69) is 42.5 Å². The first-order valence-corrected chi connectivity index (χ1v) is 6.75. The van der Waals surface area contributed by atoms with Crippen molar-refractivity contribution >= 4 is 23.2 Å². The summed E-state index contributed by atoms with van der Waals surface area (Å²) >= 11 is 12.4. The third-order valence-electron chi connectivity index (χ3n) is 4.04. The van der Waals surface area contributed by atoms with Gasteiger partial charge in [-0.05, 0) is 40.9 Å². The highest BCUT2D eigenvalue weighted by molar-refractivity contribution is 6.44. The van der Waals surface area contributed by atoms with Crippen LogP contribution in [0.4, 0.5) is 0 Å². The van der Waals surface area contributed by atoms with Crippen LogP contribution >= 0.6 is 23.2 Å². The van der Waals surface area contributed by atoms with Crippen LogP contribution in [0.1, 0.15) is 6.42 Å². The van der Waals surface area contributed by atoms with Crippen LogP contribution in [0.15, 0.2) is 81.0 Å². The van der Waals surface area contributed by atoms with E-state index in [1.54, 1.807) is 0 Å². The summed E-state index contributed by atoms with van der Waals surface area (Å²) < 4.78 is 0. The standard InChI is InChI=1S/C16H10Cl2/c17-14-6-5-13-11-7-8-16(13,9-15(14)18)12-4-2-1-3-10(11)12/h1-2,4-9H,3H2. The van der Waals surface area contributed by atoms with E-state index >= 15 is 0 Å². The highest BCUT2D eigenvalue weighted by atomic mass is 35.5. The normalized spacial score (nSPS) is 31.4. The van der Waals surface area contributed by atoms with Crippen LogP contribution in [0.5, 0.6) is 0 Å². The van der Waals surface area contributed by atoms with Crippen molar-refractivity contribution in [2.45, 2.75) is 6.42 Å². The van der Waals surface area contributed by atoms with Gasteiger partial charge in [0, 0.05) is 0 Å². The van der Waals surface area contributed by atoms with Gasteiger partial charge in [0.2, 0.25) is 0 Å². The summed E-state index contributed by atoms with van der Waals surface area (Å²) in [5.74, 6) is 0. The van der Waals surface area contributed by atoms with E-state index in [0.717, 1.165) is 6.42 Å². The van der Waals surface area contributed by atoms with Crippen LogP contribution in [0.25, 0.3) is 0 Å².